The second kappa shape index (κ2) is 10.2. The second-order valence-corrected chi connectivity index (χ2v) is 4.52. The normalized spacial score (nSPS) is 13.1. The van der Waals surface area contributed by atoms with Crippen LogP contribution < -0.4 is 5.32 Å². The molecule has 3 nitrogen and oxygen atoms in total. The van der Waals surface area contributed by atoms with Crippen LogP contribution in [0.3, 0.4) is 0 Å². The molecule has 1 aromatic carbocycles. The van der Waals surface area contributed by atoms with Crippen molar-refractivity contribution in [3.05, 3.63) is 46.2 Å². The summed E-state index contributed by atoms with van der Waals surface area (Å²) in [5.74, 6) is -0.603. The highest BCUT2D eigenvalue weighted by Crippen LogP contribution is 2.16. The first-order valence-corrected chi connectivity index (χ1v) is 7.35. The van der Waals surface area contributed by atoms with E-state index in [0.29, 0.717) is 5.70 Å². The van der Waals surface area contributed by atoms with E-state index in [2.05, 4.69) is 22.9 Å². The Balaban J connectivity index is 0.00000191. The minimum Gasteiger partial charge on any atom is -0.345 e. The van der Waals surface area contributed by atoms with Crippen molar-refractivity contribution in [2.24, 2.45) is 4.99 Å². The molecule has 5 heteroatoms. The van der Waals surface area contributed by atoms with Crippen molar-refractivity contribution in [2.75, 3.05) is 0 Å². The Labute approximate surface area is 131 Å². The van der Waals surface area contributed by atoms with Gasteiger partial charge >= 0.3 is 0 Å². The van der Waals surface area contributed by atoms with Gasteiger partial charge in [0.2, 0.25) is 0 Å². The zero-order chi connectivity index (χ0) is 16.4. The molecule has 0 heterocycles. The summed E-state index contributed by atoms with van der Waals surface area (Å²) >= 11 is 4.15. The molecule has 1 amide bonds. The first-order chi connectivity index (χ1) is 9.95. The molecule has 0 fully saturated rings. The summed E-state index contributed by atoms with van der Waals surface area (Å²) in [6, 6.07) is 5.77. The second-order valence-electron chi connectivity index (χ2n) is 4.07. The van der Waals surface area contributed by atoms with Crippen molar-refractivity contribution in [2.45, 2.75) is 40.7 Å². The van der Waals surface area contributed by atoms with Crippen LogP contribution in [0, 0.1) is 5.82 Å². The van der Waals surface area contributed by atoms with Gasteiger partial charge in [-0.2, -0.15) is 0 Å². The summed E-state index contributed by atoms with van der Waals surface area (Å²) in [6.07, 6.45) is 1.60. The van der Waals surface area contributed by atoms with Crippen LogP contribution in [0.2, 0.25) is 0 Å². The Hall–Kier alpha value is -1.62. The Bertz CT molecular complexity index is 510. The fraction of sp³-hybridized carbons (Fsp3) is 0.375. The molecule has 0 aliphatic rings. The van der Waals surface area contributed by atoms with Gasteiger partial charge in [0.15, 0.2) is 0 Å². The van der Waals surface area contributed by atoms with E-state index >= 15 is 0 Å². The molecule has 21 heavy (non-hydrogen) atoms. The van der Waals surface area contributed by atoms with Crippen molar-refractivity contribution in [1.29, 1.82) is 0 Å². The lowest BCUT2D eigenvalue weighted by Crippen LogP contribution is -2.27. The van der Waals surface area contributed by atoms with Crippen LogP contribution in [0.25, 0.3) is 0 Å². The highest BCUT2D eigenvalue weighted by Gasteiger charge is 2.13. The molecule has 1 aromatic rings. The van der Waals surface area contributed by atoms with Crippen molar-refractivity contribution < 1.29 is 9.18 Å². The number of amides is 1. The lowest BCUT2D eigenvalue weighted by molar-refractivity contribution is -0.117. The SMILES string of the molecule is CC.CC=N/C(C)=C(\S)C(=O)NC(C)c1ccc(F)cc1. The van der Waals surface area contributed by atoms with Gasteiger partial charge in [-0.15, -0.1) is 12.6 Å². The van der Waals surface area contributed by atoms with Crippen LogP contribution in [0.15, 0.2) is 39.9 Å². The molecule has 0 spiro atoms. The molecule has 0 saturated heterocycles. The monoisotopic (exact) mass is 310 g/mol. The molecule has 0 aromatic heterocycles. The van der Waals surface area contributed by atoms with E-state index < -0.39 is 0 Å². The third-order valence-electron chi connectivity index (χ3n) is 2.60. The molecule has 0 bridgehead atoms. The maximum absolute atomic E-state index is 12.8. The lowest BCUT2D eigenvalue weighted by atomic mass is 10.1. The van der Waals surface area contributed by atoms with Gasteiger partial charge in [-0.3, -0.25) is 9.79 Å². The van der Waals surface area contributed by atoms with Crippen molar-refractivity contribution >= 4 is 24.8 Å². The van der Waals surface area contributed by atoms with Crippen LogP contribution >= 0.6 is 12.6 Å². The Morgan fingerprint density at radius 2 is 1.86 bits per heavy atom. The van der Waals surface area contributed by atoms with Crippen LogP contribution in [-0.2, 0) is 4.79 Å². The molecule has 116 valence electrons. The number of halogens is 1. The first kappa shape index (κ1) is 19.4. The number of nitrogens with zero attached hydrogens (tertiary/aromatic N) is 1. The highest BCUT2D eigenvalue weighted by atomic mass is 32.1. The Kier molecular flexibility index (Phi) is 9.37. The van der Waals surface area contributed by atoms with Crippen LogP contribution in [0.5, 0.6) is 0 Å². The predicted octanol–water partition coefficient (Wildman–Crippen LogP) is 4.28. The number of carbonyl (C=O) groups excluding carboxylic acids is 1. The number of allylic oxidation sites excluding steroid dienone is 1. The number of rotatable bonds is 4. The summed E-state index contributed by atoms with van der Waals surface area (Å²) in [5.41, 5.74) is 1.38. The molecule has 1 rings (SSSR count). The fourth-order valence-electron chi connectivity index (χ4n) is 1.52. The van der Waals surface area contributed by atoms with Crippen molar-refractivity contribution in [1.82, 2.24) is 5.32 Å². The van der Waals surface area contributed by atoms with E-state index in [-0.39, 0.29) is 22.7 Å². The minimum atomic E-state index is -0.303. The van der Waals surface area contributed by atoms with Gasteiger partial charge in [-0.25, -0.2) is 4.39 Å². The largest absolute Gasteiger partial charge is 0.345 e. The molecular formula is C16H23FN2OS. The van der Waals surface area contributed by atoms with E-state index in [1.807, 2.05) is 20.8 Å². The summed E-state index contributed by atoms with van der Waals surface area (Å²) < 4.78 is 12.8. The van der Waals surface area contributed by atoms with E-state index in [4.69, 9.17) is 0 Å². The van der Waals surface area contributed by atoms with Gasteiger partial charge in [-0.05, 0) is 38.5 Å². The quantitative estimate of drug-likeness (QED) is 0.486. The zero-order valence-electron chi connectivity index (χ0n) is 13.1. The minimum absolute atomic E-state index is 0.228. The Morgan fingerprint density at radius 1 is 1.33 bits per heavy atom. The summed E-state index contributed by atoms with van der Waals surface area (Å²) in [4.78, 5) is 16.2. The number of nitrogens with one attached hydrogen (secondary N) is 1. The third kappa shape index (κ3) is 6.58. The summed E-state index contributed by atoms with van der Waals surface area (Å²) in [6.45, 7) is 9.30. The van der Waals surface area contributed by atoms with Gasteiger partial charge in [0.05, 0.1) is 16.6 Å². The molecule has 0 aliphatic carbocycles. The van der Waals surface area contributed by atoms with E-state index in [1.165, 1.54) is 12.1 Å². The van der Waals surface area contributed by atoms with E-state index in [9.17, 15) is 9.18 Å². The van der Waals surface area contributed by atoms with E-state index in [0.717, 1.165) is 5.56 Å². The molecule has 1 unspecified atom stereocenters. The fourth-order valence-corrected chi connectivity index (χ4v) is 1.64. The zero-order valence-corrected chi connectivity index (χ0v) is 14.0. The van der Waals surface area contributed by atoms with Gasteiger partial charge in [0, 0.05) is 6.21 Å². The molecule has 1 N–H and O–H groups in total. The van der Waals surface area contributed by atoms with Crippen LogP contribution in [-0.4, -0.2) is 12.1 Å². The first-order valence-electron chi connectivity index (χ1n) is 6.90. The smallest absolute Gasteiger partial charge is 0.259 e. The molecule has 1 atom stereocenters. The lowest BCUT2D eigenvalue weighted by Gasteiger charge is -2.14. The number of carbonyl (C=O) groups is 1. The Morgan fingerprint density at radius 3 is 2.33 bits per heavy atom. The molecule has 0 aliphatic heterocycles. The number of aliphatic imine (C=N–C) groups is 1. The highest BCUT2D eigenvalue weighted by molar-refractivity contribution is 7.85. The van der Waals surface area contributed by atoms with Gasteiger partial charge in [-0.1, -0.05) is 26.0 Å². The number of benzene rings is 1. The average Bonchev–Trinajstić information content (AvgIpc) is 2.49. The average molecular weight is 310 g/mol. The predicted molar refractivity (Wildman–Crippen MR) is 90.2 cm³/mol. The topological polar surface area (TPSA) is 41.5 Å². The molecule has 0 radical (unpaired) electrons. The van der Waals surface area contributed by atoms with Crippen molar-refractivity contribution in [3.8, 4) is 0 Å². The molecule has 0 saturated carbocycles. The third-order valence-corrected chi connectivity index (χ3v) is 3.12. The standard InChI is InChI=1S/C14H17FN2OS.C2H6/c1-4-16-10(3)13(19)14(18)17-9(2)11-5-7-12(15)8-6-11;1-2/h4-9,19H,1-3H3,(H,17,18);1-2H3/b13-10-,16-4?;. The maximum Gasteiger partial charge on any atom is 0.259 e. The molecular weight excluding hydrogens is 287 g/mol. The summed E-state index contributed by atoms with van der Waals surface area (Å²) in [7, 11) is 0. The summed E-state index contributed by atoms with van der Waals surface area (Å²) in [5, 5.41) is 2.79. The number of hydrogen-bond donors (Lipinski definition) is 2. The van der Waals surface area contributed by atoms with Crippen LogP contribution in [0.4, 0.5) is 4.39 Å². The van der Waals surface area contributed by atoms with Crippen LogP contribution in [0.1, 0.15) is 46.2 Å². The van der Waals surface area contributed by atoms with Gasteiger partial charge < -0.3 is 5.32 Å². The van der Waals surface area contributed by atoms with Crippen molar-refractivity contribution in [3.63, 3.8) is 0 Å². The number of hydrogen-bond acceptors (Lipinski definition) is 3. The number of thiol groups is 1. The van der Waals surface area contributed by atoms with E-state index in [1.54, 1.807) is 32.2 Å². The van der Waals surface area contributed by atoms with Gasteiger partial charge in [0.25, 0.3) is 5.91 Å². The van der Waals surface area contributed by atoms with Gasteiger partial charge in [0.1, 0.15) is 5.82 Å². The maximum atomic E-state index is 12.8.